The van der Waals surface area contributed by atoms with Gasteiger partial charge in [0, 0.05) is 18.3 Å². The summed E-state index contributed by atoms with van der Waals surface area (Å²) in [6.45, 7) is 0. The van der Waals surface area contributed by atoms with Gasteiger partial charge < -0.3 is 11.5 Å². The van der Waals surface area contributed by atoms with E-state index in [0.29, 0.717) is 12.3 Å². The lowest BCUT2D eigenvalue weighted by Gasteiger charge is -1.85. The van der Waals surface area contributed by atoms with Crippen molar-refractivity contribution in [1.29, 1.82) is 0 Å². The molecule has 38 valence electrons. The number of nitrogens with zero attached hydrogens (tertiary/aromatic N) is 1. The number of aliphatic imine (C=N–C) groups is 1. The molecule has 0 amide bonds. The van der Waals surface area contributed by atoms with Gasteiger partial charge in [-0.1, -0.05) is 0 Å². The van der Waals surface area contributed by atoms with Crippen LogP contribution in [0.2, 0.25) is 0 Å². The van der Waals surface area contributed by atoms with Crippen LogP contribution in [0.15, 0.2) is 16.9 Å². The topological polar surface area (TPSA) is 64.4 Å². The number of nitrogens with two attached hydrogens (primary N) is 2. The lowest BCUT2D eigenvalue weighted by molar-refractivity contribution is 1.23. The van der Waals surface area contributed by atoms with Crippen LogP contribution in [-0.4, -0.2) is 5.84 Å². The van der Waals surface area contributed by atoms with Gasteiger partial charge in [-0.25, -0.2) is 4.99 Å². The largest absolute Gasteiger partial charge is 0.400 e. The summed E-state index contributed by atoms with van der Waals surface area (Å²) in [5, 5.41) is 0. The normalized spacial score (nSPS) is 18.9. The Balaban J connectivity index is 2.61. The van der Waals surface area contributed by atoms with Crippen LogP contribution in [0.5, 0.6) is 0 Å². The van der Waals surface area contributed by atoms with Crippen LogP contribution in [0, 0.1) is 0 Å². The van der Waals surface area contributed by atoms with E-state index >= 15 is 0 Å². The third-order valence-electron chi connectivity index (χ3n) is 0.781. The van der Waals surface area contributed by atoms with E-state index in [9.17, 15) is 0 Å². The lowest BCUT2D eigenvalue weighted by atomic mass is 10.4. The zero-order chi connectivity index (χ0) is 5.28. The monoisotopic (exact) mass is 97.1 g/mol. The molecule has 1 heterocycles. The van der Waals surface area contributed by atoms with Crippen molar-refractivity contribution in [2.24, 2.45) is 16.5 Å². The van der Waals surface area contributed by atoms with Gasteiger partial charge in [0.25, 0.3) is 0 Å². The quantitative estimate of drug-likeness (QED) is 0.430. The number of amidine groups is 1. The maximum atomic E-state index is 5.29. The van der Waals surface area contributed by atoms with Crippen LogP contribution in [0.1, 0.15) is 6.42 Å². The average Bonchev–Trinajstić information content (AvgIpc) is 1.87. The molecule has 0 aromatic carbocycles. The summed E-state index contributed by atoms with van der Waals surface area (Å²) >= 11 is 0. The predicted molar refractivity (Wildman–Crippen MR) is 28.5 cm³/mol. The van der Waals surface area contributed by atoms with E-state index in [1.165, 1.54) is 0 Å². The molecule has 0 fully saturated rings. The first kappa shape index (κ1) is 4.18. The van der Waals surface area contributed by atoms with E-state index in [2.05, 4.69) is 4.99 Å². The molecule has 0 aromatic heterocycles. The van der Waals surface area contributed by atoms with Crippen molar-refractivity contribution < 1.29 is 0 Å². The fourth-order valence-corrected chi connectivity index (χ4v) is 0.466. The minimum Gasteiger partial charge on any atom is -0.400 e. The van der Waals surface area contributed by atoms with E-state index in [1.54, 1.807) is 6.20 Å². The van der Waals surface area contributed by atoms with E-state index in [-0.39, 0.29) is 0 Å². The minimum absolute atomic E-state index is 0.609. The molecule has 0 radical (unpaired) electrons. The second-order valence-corrected chi connectivity index (χ2v) is 1.50. The summed E-state index contributed by atoms with van der Waals surface area (Å²) < 4.78 is 0. The fourth-order valence-electron chi connectivity index (χ4n) is 0.466. The molecule has 0 atom stereocenters. The van der Waals surface area contributed by atoms with Gasteiger partial charge in [0.1, 0.15) is 5.84 Å². The summed E-state index contributed by atoms with van der Waals surface area (Å²) in [6.07, 6.45) is 2.22. The summed E-state index contributed by atoms with van der Waals surface area (Å²) in [6, 6.07) is 0. The maximum absolute atomic E-state index is 5.29. The van der Waals surface area contributed by atoms with Gasteiger partial charge in [-0.2, -0.15) is 0 Å². The van der Waals surface area contributed by atoms with E-state index in [0.717, 1.165) is 5.70 Å². The van der Waals surface area contributed by atoms with Crippen molar-refractivity contribution in [3.63, 3.8) is 0 Å². The van der Waals surface area contributed by atoms with Crippen molar-refractivity contribution in [2.75, 3.05) is 0 Å². The average molecular weight is 97.1 g/mol. The Kier molecular flexibility index (Phi) is 0.749. The molecule has 0 unspecified atom stereocenters. The first-order chi connectivity index (χ1) is 3.29. The van der Waals surface area contributed by atoms with Gasteiger partial charge in [-0.15, -0.1) is 0 Å². The third-order valence-corrected chi connectivity index (χ3v) is 0.781. The highest BCUT2D eigenvalue weighted by atomic mass is 14.9. The van der Waals surface area contributed by atoms with Crippen molar-refractivity contribution in [3.8, 4) is 0 Å². The minimum atomic E-state index is 0.609. The molecule has 1 aliphatic rings. The Morgan fingerprint density at radius 1 is 1.57 bits per heavy atom. The molecule has 0 aliphatic carbocycles. The Bertz CT molecular complexity index is 118. The molecule has 4 N–H and O–H groups in total. The Morgan fingerprint density at radius 2 is 2.29 bits per heavy atom. The second kappa shape index (κ2) is 1.26. The van der Waals surface area contributed by atoms with Gasteiger partial charge >= 0.3 is 0 Å². The van der Waals surface area contributed by atoms with Crippen LogP contribution in [-0.2, 0) is 0 Å². The standard InChI is InChI=1S/C4H7N3/c5-3-1-4(6)7-2-3/h2H,1,5H2,(H2,6,7). The van der Waals surface area contributed by atoms with Crippen molar-refractivity contribution >= 4 is 5.84 Å². The first-order valence-corrected chi connectivity index (χ1v) is 2.05. The first-order valence-electron chi connectivity index (χ1n) is 2.05. The zero-order valence-electron chi connectivity index (χ0n) is 3.89. The van der Waals surface area contributed by atoms with Gasteiger partial charge in [0.05, 0.1) is 0 Å². The molecule has 0 bridgehead atoms. The van der Waals surface area contributed by atoms with Crippen molar-refractivity contribution in [3.05, 3.63) is 11.9 Å². The third kappa shape index (κ3) is 0.707. The van der Waals surface area contributed by atoms with Crippen molar-refractivity contribution in [2.45, 2.75) is 6.42 Å². The fraction of sp³-hybridized carbons (Fsp3) is 0.250. The highest BCUT2D eigenvalue weighted by molar-refractivity contribution is 5.85. The molecule has 1 aliphatic heterocycles. The number of hydrogen-bond donors (Lipinski definition) is 2. The molecular weight excluding hydrogens is 90.1 g/mol. The summed E-state index contributed by atoms with van der Waals surface area (Å²) in [4.78, 5) is 3.72. The maximum Gasteiger partial charge on any atom is 0.105 e. The molecule has 1 rings (SSSR count). The molecule has 0 aromatic rings. The second-order valence-electron chi connectivity index (χ2n) is 1.50. The predicted octanol–water partition coefficient (Wildman–Crippen LogP) is -0.453. The zero-order valence-corrected chi connectivity index (χ0v) is 3.89. The van der Waals surface area contributed by atoms with Crippen LogP contribution < -0.4 is 11.5 Å². The van der Waals surface area contributed by atoms with Crippen LogP contribution in [0.25, 0.3) is 0 Å². The Hall–Kier alpha value is -0.990. The van der Waals surface area contributed by atoms with Gasteiger partial charge in [0.15, 0.2) is 0 Å². The Labute approximate surface area is 41.7 Å². The van der Waals surface area contributed by atoms with E-state index in [4.69, 9.17) is 11.5 Å². The van der Waals surface area contributed by atoms with E-state index < -0.39 is 0 Å². The summed E-state index contributed by atoms with van der Waals surface area (Å²) in [7, 11) is 0. The van der Waals surface area contributed by atoms with Crippen LogP contribution in [0.4, 0.5) is 0 Å². The van der Waals surface area contributed by atoms with Crippen LogP contribution >= 0.6 is 0 Å². The van der Waals surface area contributed by atoms with Crippen molar-refractivity contribution in [1.82, 2.24) is 0 Å². The SMILES string of the molecule is NC1=CN=C(N)C1. The van der Waals surface area contributed by atoms with Gasteiger partial charge in [-0.3, -0.25) is 0 Å². The van der Waals surface area contributed by atoms with Gasteiger partial charge in [-0.05, 0) is 0 Å². The van der Waals surface area contributed by atoms with Gasteiger partial charge in [0.2, 0.25) is 0 Å². The smallest absolute Gasteiger partial charge is 0.105 e. The number of rotatable bonds is 0. The molecule has 0 saturated heterocycles. The molecule has 0 spiro atoms. The summed E-state index contributed by atoms with van der Waals surface area (Å²) in [5.41, 5.74) is 11.3. The van der Waals surface area contributed by atoms with E-state index in [1.807, 2.05) is 0 Å². The molecule has 3 nitrogen and oxygen atoms in total. The molecule has 0 saturated carbocycles. The molecule has 7 heavy (non-hydrogen) atoms. The number of hydrogen-bond acceptors (Lipinski definition) is 3. The highest BCUT2D eigenvalue weighted by Crippen LogP contribution is 1.99. The molecule has 3 heteroatoms. The summed E-state index contributed by atoms with van der Waals surface area (Å²) in [5.74, 6) is 0.609. The lowest BCUT2D eigenvalue weighted by Crippen LogP contribution is -2.10. The Morgan fingerprint density at radius 3 is 2.43 bits per heavy atom. The highest BCUT2D eigenvalue weighted by Gasteiger charge is 1.99. The van der Waals surface area contributed by atoms with Crippen LogP contribution in [0.3, 0.4) is 0 Å². The molecular formula is C4H7N3.